The Morgan fingerprint density at radius 1 is 1.19 bits per heavy atom. The summed E-state index contributed by atoms with van der Waals surface area (Å²) >= 11 is 1.54. The summed E-state index contributed by atoms with van der Waals surface area (Å²) in [6.07, 6.45) is 3.09. The number of benzene rings is 1. The molecule has 2 aromatic rings. The van der Waals surface area contributed by atoms with Crippen molar-refractivity contribution in [2.45, 2.75) is 53.0 Å². The maximum absolute atomic E-state index is 4.28. The van der Waals surface area contributed by atoms with Crippen molar-refractivity contribution in [3.63, 3.8) is 0 Å². The molecule has 0 saturated heterocycles. The zero-order valence-electron chi connectivity index (χ0n) is 13.4. The highest BCUT2D eigenvalue weighted by molar-refractivity contribution is 7.05. The average molecular weight is 303 g/mol. The van der Waals surface area contributed by atoms with Crippen LogP contribution in [0, 0.1) is 13.8 Å². The third-order valence-electron chi connectivity index (χ3n) is 3.93. The molecule has 21 heavy (non-hydrogen) atoms. The first-order valence-electron chi connectivity index (χ1n) is 7.76. The zero-order chi connectivity index (χ0) is 15.2. The van der Waals surface area contributed by atoms with Crippen molar-refractivity contribution in [1.82, 2.24) is 14.9 Å². The van der Waals surface area contributed by atoms with E-state index in [1.54, 1.807) is 11.5 Å². The summed E-state index contributed by atoms with van der Waals surface area (Å²) < 4.78 is 4.16. The van der Waals surface area contributed by atoms with Gasteiger partial charge in [-0.25, -0.2) is 0 Å². The van der Waals surface area contributed by atoms with E-state index in [2.05, 4.69) is 60.8 Å². The van der Waals surface area contributed by atoms with Crippen molar-refractivity contribution in [3.05, 3.63) is 45.5 Å². The van der Waals surface area contributed by atoms with Crippen LogP contribution in [0.3, 0.4) is 0 Å². The fraction of sp³-hybridized carbons (Fsp3) is 0.529. The third kappa shape index (κ3) is 3.89. The van der Waals surface area contributed by atoms with Crippen LogP contribution in [-0.2, 0) is 12.8 Å². The molecule has 0 saturated carbocycles. The van der Waals surface area contributed by atoms with Gasteiger partial charge in [0.2, 0.25) is 0 Å². The molecule has 2 rings (SSSR count). The Balaban J connectivity index is 2.28. The van der Waals surface area contributed by atoms with Crippen molar-refractivity contribution < 1.29 is 0 Å². The second-order valence-corrected chi connectivity index (χ2v) is 6.30. The molecule has 1 aromatic carbocycles. The molecule has 114 valence electrons. The van der Waals surface area contributed by atoms with Gasteiger partial charge < -0.3 is 5.32 Å². The number of aryl methyl sites for hydroxylation is 3. The monoisotopic (exact) mass is 303 g/mol. The van der Waals surface area contributed by atoms with Crippen LogP contribution in [0.4, 0.5) is 0 Å². The van der Waals surface area contributed by atoms with E-state index in [9.17, 15) is 0 Å². The van der Waals surface area contributed by atoms with Gasteiger partial charge in [-0.15, -0.1) is 5.10 Å². The summed E-state index contributed by atoms with van der Waals surface area (Å²) in [5, 5.41) is 7.96. The van der Waals surface area contributed by atoms with E-state index in [0.29, 0.717) is 6.04 Å². The van der Waals surface area contributed by atoms with Crippen LogP contribution in [0.2, 0.25) is 0 Å². The topological polar surface area (TPSA) is 37.8 Å². The lowest BCUT2D eigenvalue weighted by molar-refractivity contribution is 0.530. The molecular weight excluding hydrogens is 278 g/mol. The van der Waals surface area contributed by atoms with E-state index in [0.717, 1.165) is 31.5 Å². The Morgan fingerprint density at radius 2 is 1.90 bits per heavy atom. The maximum atomic E-state index is 4.28. The van der Waals surface area contributed by atoms with E-state index in [4.69, 9.17) is 0 Å². The minimum Gasteiger partial charge on any atom is -0.309 e. The summed E-state index contributed by atoms with van der Waals surface area (Å²) in [6, 6.07) is 6.85. The van der Waals surface area contributed by atoms with Crippen molar-refractivity contribution in [1.29, 1.82) is 0 Å². The second kappa shape index (κ2) is 7.66. The summed E-state index contributed by atoms with van der Waals surface area (Å²) in [5.74, 6) is 0. The molecule has 0 amide bonds. The molecule has 1 heterocycles. The summed E-state index contributed by atoms with van der Waals surface area (Å²) in [4.78, 5) is 1.30. The van der Waals surface area contributed by atoms with Gasteiger partial charge in [0.1, 0.15) is 0 Å². The molecule has 1 unspecified atom stereocenters. The second-order valence-electron chi connectivity index (χ2n) is 5.52. The first-order chi connectivity index (χ1) is 10.2. The Kier molecular flexibility index (Phi) is 5.88. The van der Waals surface area contributed by atoms with Crippen LogP contribution < -0.4 is 5.32 Å². The molecule has 0 spiro atoms. The Hall–Kier alpha value is -1.26. The number of hydrogen-bond donors (Lipinski definition) is 1. The summed E-state index contributed by atoms with van der Waals surface area (Å²) in [7, 11) is 0. The van der Waals surface area contributed by atoms with E-state index in [1.807, 2.05) is 0 Å². The highest BCUT2D eigenvalue weighted by Gasteiger charge is 2.20. The lowest BCUT2D eigenvalue weighted by atomic mass is 9.95. The van der Waals surface area contributed by atoms with Crippen molar-refractivity contribution >= 4 is 11.5 Å². The number of aromatic nitrogens is 2. The Labute approximate surface area is 132 Å². The zero-order valence-corrected chi connectivity index (χ0v) is 14.3. The van der Waals surface area contributed by atoms with Gasteiger partial charge in [0, 0.05) is 6.04 Å². The standard InChI is InChI=1S/C17H25N3S/c1-5-10-18-16(17-15(6-2)19-20-21-17)11-14-12(3)8-7-9-13(14)4/h7-9,16,18H,5-6,10-11H2,1-4H3. The fourth-order valence-electron chi connectivity index (χ4n) is 2.68. The van der Waals surface area contributed by atoms with Crippen molar-refractivity contribution in [2.75, 3.05) is 6.54 Å². The molecule has 1 atom stereocenters. The van der Waals surface area contributed by atoms with Gasteiger partial charge in [0.25, 0.3) is 0 Å². The lowest BCUT2D eigenvalue weighted by Crippen LogP contribution is -2.25. The van der Waals surface area contributed by atoms with Crippen LogP contribution in [-0.4, -0.2) is 16.1 Å². The van der Waals surface area contributed by atoms with Crippen LogP contribution >= 0.6 is 11.5 Å². The molecule has 1 aromatic heterocycles. The average Bonchev–Trinajstić information content (AvgIpc) is 2.94. The predicted molar refractivity (Wildman–Crippen MR) is 89.9 cm³/mol. The lowest BCUT2D eigenvalue weighted by Gasteiger charge is -2.20. The minimum absolute atomic E-state index is 0.319. The smallest absolute Gasteiger partial charge is 0.0801 e. The molecule has 0 aliphatic heterocycles. The van der Waals surface area contributed by atoms with Gasteiger partial charge >= 0.3 is 0 Å². The van der Waals surface area contributed by atoms with Crippen molar-refractivity contribution in [3.8, 4) is 0 Å². The van der Waals surface area contributed by atoms with Crippen LogP contribution in [0.1, 0.15) is 53.6 Å². The van der Waals surface area contributed by atoms with Crippen LogP contribution in [0.15, 0.2) is 18.2 Å². The SMILES string of the molecule is CCCNC(Cc1c(C)cccc1C)c1snnc1CC. The molecule has 0 aliphatic carbocycles. The van der Waals surface area contributed by atoms with Crippen LogP contribution in [0.5, 0.6) is 0 Å². The van der Waals surface area contributed by atoms with E-state index in [-0.39, 0.29) is 0 Å². The highest BCUT2D eigenvalue weighted by atomic mass is 32.1. The van der Waals surface area contributed by atoms with E-state index >= 15 is 0 Å². The van der Waals surface area contributed by atoms with Gasteiger partial charge in [-0.3, -0.25) is 0 Å². The summed E-state index contributed by atoms with van der Waals surface area (Å²) in [6.45, 7) is 9.78. The molecule has 3 nitrogen and oxygen atoms in total. The molecule has 0 aliphatic rings. The Morgan fingerprint density at radius 3 is 2.52 bits per heavy atom. The molecule has 0 radical (unpaired) electrons. The molecule has 0 bridgehead atoms. The maximum Gasteiger partial charge on any atom is 0.0801 e. The van der Waals surface area contributed by atoms with Crippen LogP contribution in [0.25, 0.3) is 0 Å². The molecular formula is C17H25N3S. The molecule has 0 fully saturated rings. The summed E-state index contributed by atoms with van der Waals surface area (Å²) in [5.41, 5.74) is 5.32. The number of rotatable bonds is 7. The number of hydrogen-bond acceptors (Lipinski definition) is 4. The first-order valence-corrected chi connectivity index (χ1v) is 8.54. The van der Waals surface area contributed by atoms with Gasteiger partial charge in [0.15, 0.2) is 0 Å². The van der Waals surface area contributed by atoms with Gasteiger partial charge in [-0.2, -0.15) is 0 Å². The Bertz CT molecular complexity index is 557. The largest absolute Gasteiger partial charge is 0.309 e. The number of nitrogens with zero attached hydrogens (tertiary/aromatic N) is 2. The predicted octanol–water partition coefficient (Wildman–Crippen LogP) is 4.00. The number of nitrogens with one attached hydrogen (secondary N) is 1. The first kappa shape index (κ1) is 16.1. The molecule has 4 heteroatoms. The quantitative estimate of drug-likeness (QED) is 0.840. The third-order valence-corrected chi connectivity index (χ3v) is 4.81. The normalized spacial score (nSPS) is 12.6. The fourth-order valence-corrected chi connectivity index (χ4v) is 3.49. The van der Waals surface area contributed by atoms with Crippen molar-refractivity contribution in [2.24, 2.45) is 0 Å². The minimum atomic E-state index is 0.319. The van der Waals surface area contributed by atoms with Gasteiger partial charge in [-0.1, -0.05) is 36.5 Å². The van der Waals surface area contributed by atoms with Gasteiger partial charge in [0.05, 0.1) is 10.6 Å². The van der Waals surface area contributed by atoms with E-state index in [1.165, 1.54) is 21.6 Å². The molecule has 1 N–H and O–H groups in total. The highest BCUT2D eigenvalue weighted by Crippen LogP contribution is 2.27. The van der Waals surface area contributed by atoms with Gasteiger partial charge in [-0.05, 0) is 67.9 Å². The van der Waals surface area contributed by atoms with E-state index < -0.39 is 0 Å².